The average molecular weight is 412 g/mol. The molecule has 1 aromatic heterocycles. The SMILES string of the molecule is COc1ccc(N2CCN(C(=O)C3CCCN(c4ccc(OC)nn4)C3)CC2)cc1. The third kappa shape index (κ3) is 4.42. The van der Waals surface area contributed by atoms with Crippen molar-refractivity contribution in [2.75, 3.05) is 63.3 Å². The van der Waals surface area contributed by atoms with Gasteiger partial charge >= 0.3 is 0 Å². The molecule has 1 unspecified atom stereocenters. The van der Waals surface area contributed by atoms with E-state index in [4.69, 9.17) is 9.47 Å². The summed E-state index contributed by atoms with van der Waals surface area (Å²) in [4.78, 5) is 19.7. The van der Waals surface area contributed by atoms with E-state index in [1.807, 2.05) is 29.2 Å². The van der Waals surface area contributed by atoms with Gasteiger partial charge in [-0.05, 0) is 43.2 Å². The lowest BCUT2D eigenvalue weighted by atomic mass is 9.96. The third-order valence-corrected chi connectivity index (χ3v) is 5.96. The Balaban J connectivity index is 1.32. The van der Waals surface area contributed by atoms with Gasteiger partial charge in [0.1, 0.15) is 5.75 Å². The predicted molar refractivity (Wildman–Crippen MR) is 115 cm³/mol. The van der Waals surface area contributed by atoms with Gasteiger partial charge in [0.25, 0.3) is 0 Å². The highest BCUT2D eigenvalue weighted by atomic mass is 16.5. The Labute approximate surface area is 177 Å². The Hall–Kier alpha value is -3.03. The first-order valence-corrected chi connectivity index (χ1v) is 10.5. The van der Waals surface area contributed by atoms with Gasteiger partial charge in [-0.15, -0.1) is 10.2 Å². The lowest BCUT2D eigenvalue weighted by Crippen LogP contribution is -2.52. The van der Waals surface area contributed by atoms with Crippen LogP contribution in [0.3, 0.4) is 0 Å². The zero-order valence-corrected chi connectivity index (χ0v) is 17.7. The van der Waals surface area contributed by atoms with Crippen LogP contribution in [-0.2, 0) is 4.79 Å². The number of carbonyl (C=O) groups is 1. The average Bonchev–Trinajstić information content (AvgIpc) is 2.84. The Morgan fingerprint density at radius 2 is 1.67 bits per heavy atom. The summed E-state index contributed by atoms with van der Waals surface area (Å²) >= 11 is 0. The normalized spacial score (nSPS) is 19.5. The number of anilines is 2. The highest BCUT2D eigenvalue weighted by Gasteiger charge is 2.31. The minimum atomic E-state index is 0.00943. The smallest absolute Gasteiger partial charge is 0.233 e. The summed E-state index contributed by atoms with van der Waals surface area (Å²) in [6.45, 7) is 4.79. The molecule has 2 saturated heterocycles. The maximum absolute atomic E-state index is 13.2. The maximum atomic E-state index is 13.2. The molecule has 2 aromatic rings. The van der Waals surface area contributed by atoms with Gasteiger partial charge in [-0.2, -0.15) is 0 Å². The number of benzene rings is 1. The second kappa shape index (κ2) is 9.19. The van der Waals surface area contributed by atoms with Gasteiger partial charge in [0.2, 0.25) is 11.8 Å². The number of amides is 1. The van der Waals surface area contributed by atoms with E-state index in [1.165, 1.54) is 5.69 Å². The van der Waals surface area contributed by atoms with E-state index in [0.717, 1.165) is 57.1 Å². The third-order valence-electron chi connectivity index (χ3n) is 5.96. The van der Waals surface area contributed by atoms with Crippen LogP contribution in [0.15, 0.2) is 36.4 Å². The van der Waals surface area contributed by atoms with Crippen LogP contribution in [0.25, 0.3) is 0 Å². The van der Waals surface area contributed by atoms with Crippen molar-refractivity contribution in [2.24, 2.45) is 5.92 Å². The van der Waals surface area contributed by atoms with E-state index in [0.29, 0.717) is 12.4 Å². The highest BCUT2D eigenvalue weighted by molar-refractivity contribution is 5.80. The number of carbonyl (C=O) groups excluding carboxylic acids is 1. The molecule has 2 fully saturated rings. The molecule has 2 aliphatic heterocycles. The molecule has 3 heterocycles. The Bertz CT molecular complexity index is 835. The summed E-state index contributed by atoms with van der Waals surface area (Å²) in [5.74, 6) is 2.43. The van der Waals surface area contributed by atoms with E-state index < -0.39 is 0 Å². The van der Waals surface area contributed by atoms with Crippen molar-refractivity contribution in [1.29, 1.82) is 0 Å². The first kappa shape index (κ1) is 20.3. The van der Waals surface area contributed by atoms with E-state index >= 15 is 0 Å². The van der Waals surface area contributed by atoms with Crippen molar-refractivity contribution in [3.63, 3.8) is 0 Å². The lowest BCUT2D eigenvalue weighted by molar-refractivity contribution is -0.136. The molecule has 0 N–H and O–H groups in total. The van der Waals surface area contributed by atoms with E-state index in [2.05, 4.69) is 32.1 Å². The molecule has 160 valence electrons. The Morgan fingerprint density at radius 1 is 0.900 bits per heavy atom. The van der Waals surface area contributed by atoms with Gasteiger partial charge in [-0.1, -0.05) is 0 Å². The summed E-state index contributed by atoms with van der Waals surface area (Å²) in [5, 5.41) is 8.30. The molecule has 0 spiro atoms. The fourth-order valence-corrected chi connectivity index (χ4v) is 4.21. The van der Waals surface area contributed by atoms with Gasteiger partial charge in [-0.25, -0.2) is 0 Å². The topological polar surface area (TPSA) is 71.0 Å². The number of hydrogen-bond donors (Lipinski definition) is 0. The number of piperazine rings is 1. The summed E-state index contributed by atoms with van der Waals surface area (Å²) < 4.78 is 10.3. The van der Waals surface area contributed by atoms with Crippen molar-refractivity contribution in [1.82, 2.24) is 15.1 Å². The molecule has 0 bridgehead atoms. The van der Waals surface area contributed by atoms with E-state index in [9.17, 15) is 4.79 Å². The van der Waals surface area contributed by atoms with Crippen molar-refractivity contribution in [3.8, 4) is 11.6 Å². The second-order valence-corrected chi connectivity index (χ2v) is 7.73. The molecule has 8 heteroatoms. The number of aromatic nitrogens is 2. The van der Waals surface area contributed by atoms with Gasteiger partial charge in [-0.3, -0.25) is 4.79 Å². The van der Waals surface area contributed by atoms with Crippen LogP contribution in [0.1, 0.15) is 12.8 Å². The molecule has 1 atom stereocenters. The van der Waals surface area contributed by atoms with Gasteiger partial charge < -0.3 is 24.2 Å². The fraction of sp³-hybridized carbons (Fsp3) is 0.500. The standard InChI is InChI=1S/C22H29N5O3/c1-29-19-7-5-18(6-8-19)25-12-14-26(15-13-25)22(28)17-4-3-11-27(16-17)20-9-10-21(30-2)24-23-20/h5-10,17H,3-4,11-16H2,1-2H3. The number of methoxy groups -OCH3 is 2. The van der Waals surface area contributed by atoms with Crippen molar-refractivity contribution < 1.29 is 14.3 Å². The molecule has 0 radical (unpaired) electrons. The van der Waals surface area contributed by atoms with Crippen molar-refractivity contribution in [3.05, 3.63) is 36.4 Å². The molecule has 1 amide bonds. The first-order valence-electron chi connectivity index (χ1n) is 10.5. The molecular formula is C22H29N5O3. The van der Waals surface area contributed by atoms with Crippen molar-refractivity contribution >= 4 is 17.4 Å². The molecule has 30 heavy (non-hydrogen) atoms. The summed E-state index contributed by atoms with van der Waals surface area (Å²) in [6.07, 6.45) is 1.91. The quantitative estimate of drug-likeness (QED) is 0.746. The van der Waals surface area contributed by atoms with Gasteiger partial charge in [0.15, 0.2) is 5.82 Å². The number of piperidine rings is 1. The zero-order valence-electron chi connectivity index (χ0n) is 17.7. The van der Waals surface area contributed by atoms with Crippen LogP contribution in [-0.4, -0.2) is 74.5 Å². The molecule has 4 rings (SSSR count). The van der Waals surface area contributed by atoms with E-state index in [-0.39, 0.29) is 11.8 Å². The summed E-state index contributed by atoms with van der Waals surface area (Å²) in [6, 6.07) is 11.8. The molecule has 8 nitrogen and oxygen atoms in total. The van der Waals surface area contributed by atoms with Gasteiger partial charge in [0, 0.05) is 51.0 Å². The monoisotopic (exact) mass is 411 g/mol. The predicted octanol–water partition coefficient (Wildman–Crippen LogP) is 2.06. The minimum absolute atomic E-state index is 0.00943. The van der Waals surface area contributed by atoms with Crippen LogP contribution < -0.4 is 19.3 Å². The number of ether oxygens (including phenoxy) is 2. The van der Waals surface area contributed by atoms with Crippen LogP contribution in [0, 0.1) is 5.92 Å². The van der Waals surface area contributed by atoms with E-state index in [1.54, 1.807) is 14.2 Å². The zero-order chi connectivity index (χ0) is 20.9. The van der Waals surface area contributed by atoms with Crippen LogP contribution in [0.2, 0.25) is 0 Å². The van der Waals surface area contributed by atoms with Gasteiger partial charge in [0.05, 0.1) is 20.1 Å². The fourth-order valence-electron chi connectivity index (χ4n) is 4.21. The molecule has 2 aliphatic rings. The van der Waals surface area contributed by atoms with Crippen LogP contribution in [0.5, 0.6) is 11.6 Å². The Morgan fingerprint density at radius 3 is 2.30 bits per heavy atom. The number of hydrogen-bond acceptors (Lipinski definition) is 7. The summed E-state index contributed by atoms with van der Waals surface area (Å²) in [7, 11) is 3.25. The maximum Gasteiger partial charge on any atom is 0.233 e. The molecule has 0 saturated carbocycles. The van der Waals surface area contributed by atoms with Crippen LogP contribution in [0.4, 0.5) is 11.5 Å². The second-order valence-electron chi connectivity index (χ2n) is 7.73. The lowest BCUT2D eigenvalue weighted by Gasteiger charge is -2.40. The molecule has 0 aliphatic carbocycles. The number of nitrogens with zero attached hydrogens (tertiary/aromatic N) is 5. The molecule has 1 aromatic carbocycles. The first-order chi connectivity index (χ1) is 14.7. The summed E-state index contributed by atoms with van der Waals surface area (Å²) in [5.41, 5.74) is 1.17. The van der Waals surface area contributed by atoms with Crippen LogP contribution >= 0.6 is 0 Å². The number of rotatable bonds is 5. The molecular weight excluding hydrogens is 382 g/mol. The Kier molecular flexibility index (Phi) is 6.21. The minimum Gasteiger partial charge on any atom is -0.497 e. The highest BCUT2D eigenvalue weighted by Crippen LogP contribution is 2.25. The van der Waals surface area contributed by atoms with Crippen molar-refractivity contribution in [2.45, 2.75) is 12.8 Å². The largest absolute Gasteiger partial charge is 0.497 e.